The van der Waals surface area contributed by atoms with Crippen LogP contribution in [0.4, 0.5) is 0 Å². The maximum absolute atomic E-state index is 6.56. The summed E-state index contributed by atoms with van der Waals surface area (Å²) in [5.74, 6) is -0.709. The Labute approximate surface area is 150 Å². The Bertz CT molecular complexity index is 482. The zero-order valence-corrected chi connectivity index (χ0v) is 15.4. The van der Waals surface area contributed by atoms with E-state index in [0.29, 0.717) is 6.61 Å². The van der Waals surface area contributed by atoms with Gasteiger partial charge in [-0.25, -0.2) is 0 Å². The fourth-order valence-corrected chi connectivity index (χ4v) is 5.60. The van der Waals surface area contributed by atoms with Crippen molar-refractivity contribution >= 4 is 0 Å². The van der Waals surface area contributed by atoms with Gasteiger partial charge in [0.05, 0.1) is 12.7 Å². The highest BCUT2D eigenvalue weighted by Gasteiger charge is 2.61. The fourth-order valence-electron chi connectivity index (χ4n) is 5.60. The van der Waals surface area contributed by atoms with Gasteiger partial charge in [0.2, 0.25) is 0 Å². The van der Waals surface area contributed by atoms with E-state index in [1.807, 2.05) is 0 Å². The summed E-state index contributed by atoms with van der Waals surface area (Å²) in [6.07, 6.45) is 12.5. The molecular weight excluding hydrogens is 320 g/mol. The fraction of sp³-hybridized carbons (Fsp3) is 1.00. The topological polar surface area (TPSA) is 46.2 Å². The summed E-state index contributed by atoms with van der Waals surface area (Å²) < 4.78 is 32.1. The van der Waals surface area contributed by atoms with Gasteiger partial charge in [-0.05, 0) is 32.1 Å². The highest BCUT2D eigenvalue weighted by atomic mass is 16.8. The van der Waals surface area contributed by atoms with Crippen LogP contribution in [0.1, 0.15) is 77.6 Å². The Morgan fingerprint density at radius 1 is 0.720 bits per heavy atom. The van der Waals surface area contributed by atoms with E-state index in [1.165, 1.54) is 38.5 Å². The summed E-state index contributed by atoms with van der Waals surface area (Å²) in [4.78, 5) is 0. The van der Waals surface area contributed by atoms with E-state index in [-0.39, 0.29) is 42.1 Å². The molecule has 3 heterocycles. The highest BCUT2D eigenvalue weighted by molar-refractivity contribution is 5.03. The van der Waals surface area contributed by atoms with Crippen LogP contribution < -0.4 is 0 Å². The Balaban J connectivity index is 1.32. The van der Waals surface area contributed by atoms with Crippen molar-refractivity contribution in [1.29, 1.82) is 0 Å². The highest BCUT2D eigenvalue weighted by Crippen LogP contribution is 2.49. The molecule has 5 rings (SSSR count). The maximum Gasteiger partial charge on any atom is 0.169 e. The number of rotatable bonds is 2. The van der Waals surface area contributed by atoms with Crippen molar-refractivity contribution in [3.05, 3.63) is 0 Å². The summed E-state index contributed by atoms with van der Waals surface area (Å²) in [7, 11) is 0. The Kier molecular flexibility index (Phi) is 4.37. The third-order valence-electron chi connectivity index (χ3n) is 6.92. The third kappa shape index (κ3) is 2.87. The van der Waals surface area contributed by atoms with Gasteiger partial charge in [0.25, 0.3) is 0 Å². The minimum absolute atomic E-state index is 0.00427. The normalized spacial score (nSPS) is 45.2. The lowest BCUT2D eigenvalue weighted by Crippen LogP contribution is -2.43. The van der Waals surface area contributed by atoms with Crippen LogP contribution in [0, 0.1) is 0 Å². The SMILES string of the molecule is CCC1O[C@H](C2COC3(CCCCC3)O2)[C@@H]2OC3(CCCCC3)O[C@H]12. The van der Waals surface area contributed by atoms with Crippen molar-refractivity contribution in [3.63, 3.8) is 0 Å². The molecule has 0 radical (unpaired) electrons. The van der Waals surface area contributed by atoms with Crippen molar-refractivity contribution < 1.29 is 23.7 Å². The minimum Gasteiger partial charge on any atom is -0.367 e. The largest absolute Gasteiger partial charge is 0.367 e. The van der Waals surface area contributed by atoms with Gasteiger partial charge in [-0.2, -0.15) is 0 Å². The van der Waals surface area contributed by atoms with E-state index in [9.17, 15) is 0 Å². The molecular formula is C20H32O5. The molecule has 0 amide bonds. The van der Waals surface area contributed by atoms with E-state index in [4.69, 9.17) is 23.7 Å². The van der Waals surface area contributed by atoms with Crippen LogP contribution in [-0.4, -0.2) is 48.7 Å². The molecule has 0 bridgehead atoms. The molecule has 3 saturated heterocycles. The van der Waals surface area contributed by atoms with Crippen LogP contribution in [0.25, 0.3) is 0 Å². The van der Waals surface area contributed by atoms with E-state index < -0.39 is 0 Å². The first-order valence-corrected chi connectivity index (χ1v) is 10.6. The number of hydrogen-bond donors (Lipinski definition) is 0. The first-order valence-electron chi connectivity index (χ1n) is 10.6. The van der Waals surface area contributed by atoms with Gasteiger partial charge in [-0.3, -0.25) is 0 Å². The Morgan fingerprint density at radius 3 is 2.04 bits per heavy atom. The molecule has 5 heteroatoms. The van der Waals surface area contributed by atoms with Gasteiger partial charge < -0.3 is 23.7 Å². The van der Waals surface area contributed by atoms with Crippen molar-refractivity contribution in [3.8, 4) is 0 Å². The second kappa shape index (κ2) is 6.45. The minimum atomic E-state index is -0.356. The van der Waals surface area contributed by atoms with Crippen LogP contribution in [0.3, 0.4) is 0 Å². The Morgan fingerprint density at radius 2 is 1.36 bits per heavy atom. The lowest BCUT2D eigenvalue weighted by atomic mass is 9.94. The van der Waals surface area contributed by atoms with Crippen LogP contribution in [0.5, 0.6) is 0 Å². The standard InChI is InChI=1S/C20H32O5/c1-2-14-17-18(25-20(24-17)11-7-4-8-12-20)16(22-14)15-13-21-19(23-15)9-5-3-6-10-19/h14-18H,2-13H2,1H3/t14?,15?,16-,17-,18+/m1/s1. The summed E-state index contributed by atoms with van der Waals surface area (Å²) in [5.41, 5.74) is 0. The lowest BCUT2D eigenvalue weighted by molar-refractivity contribution is -0.239. The molecule has 0 N–H and O–H groups in total. The summed E-state index contributed by atoms with van der Waals surface area (Å²) in [6.45, 7) is 2.80. The predicted molar refractivity (Wildman–Crippen MR) is 91.2 cm³/mol. The molecule has 5 atom stereocenters. The van der Waals surface area contributed by atoms with Crippen LogP contribution in [0.2, 0.25) is 0 Å². The number of ether oxygens (including phenoxy) is 5. The molecule has 3 aliphatic heterocycles. The van der Waals surface area contributed by atoms with E-state index in [1.54, 1.807) is 0 Å². The first-order chi connectivity index (χ1) is 12.2. The maximum atomic E-state index is 6.56. The Hall–Kier alpha value is -0.200. The van der Waals surface area contributed by atoms with E-state index in [0.717, 1.165) is 32.1 Å². The molecule has 2 spiro atoms. The second-order valence-corrected chi connectivity index (χ2v) is 8.62. The van der Waals surface area contributed by atoms with E-state index >= 15 is 0 Å². The lowest BCUT2D eigenvalue weighted by Gasteiger charge is -2.35. The average Bonchev–Trinajstić information content (AvgIpc) is 3.29. The van der Waals surface area contributed by atoms with Crippen LogP contribution >= 0.6 is 0 Å². The molecule has 5 aliphatic rings. The monoisotopic (exact) mass is 352 g/mol. The van der Waals surface area contributed by atoms with Gasteiger partial charge in [-0.1, -0.05) is 19.8 Å². The smallest absolute Gasteiger partial charge is 0.169 e. The molecule has 142 valence electrons. The molecule has 0 aromatic rings. The van der Waals surface area contributed by atoms with Crippen molar-refractivity contribution in [1.82, 2.24) is 0 Å². The third-order valence-corrected chi connectivity index (χ3v) is 6.92. The first kappa shape index (κ1) is 16.9. The van der Waals surface area contributed by atoms with Gasteiger partial charge >= 0.3 is 0 Å². The van der Waals surface area contributed by atoms with Crippen LogP contribution in [0.15, 0.2) is 0 Å². The van der Waals surface area contributed by atoms with Gasteiger partial charge in [0.1, 0.15) is 24.4 Å². The molecule has 2 saturated carbocycles. The predicted octanol–water partition coefficient (Wildman–Crippen LogP) is 3.68. The molecule has 25 heavy (non-hydrogen) atoms. The van der Waals surface area contributed by atoms with Crippen molar-refractivity contribution in [2.75, 3.05) is 6.61 Å². The number of hydrogen-bond acceptors (Lipinski definition) is 5. The zero-order valence-electron chi connectivity index (χ0n) is 15.4. The molecule has 0 aromatic heterocycles. The molecule has 5 fully saturated rings. The molecule has 2 aliphatic carbocycles. The van der Waals surface area contributed by atoms with Gasteiger partial charge in [-0.15, -0.1) is 0 Å². The van der Waals surface area contributed by atoms with Gasteiger partial charge in [0.15, 0.2) is 11.6 Å². The molecule has 0 aromatic carbocycles. The quantitative estimate of drug-likeness (QED) is 0.758. The molecule has 2 unspecified atom stereocenters. The summed E-state index contributed by atoms with van der Waals surface area (Å²) in [6, 6.07) is 0. The van der Waals surface area contributed by atoms with E-state index in [2.05, 4.69) is 6.92 Å². The van der Waals surface area contributed by atoms with Crippen molar-refractivity contribution in [2.24, 2.45) is 0 Å². The van der Waals surface area contributed by atoms with Crippen LogP contribution in [-0.2, 0) is 23.7 Å². The van der Waals surface area contributed by atoms with Gasteiger partial charge in [0, 0.05) is 25.7 Å². The summed E-state index contributed by atoms with van der Waals surface area (Å²) in [5, 5.41) is 0. The second-order valence-electron chi connectivity index (χ2n) is 8.62. The summed E-state index contributed by atoms with van der Waals surface area (Å²) >= 11 is 0. The molecule has 5 nitrogen and oxygen atoms in total. The number of fused-ring (bicyclic) bond motifs is 1. The van der Waals surface area contributed by atoms with Crippen molar-refractivity contribution in [2.45, 2.75) is 120 Å². The zero-order chi connectivity index (χ0) is 16.9. The average molecular weight is 352 g/mol.